The average Bonchev–Trinajstić information content (AvgIpc) is 2.61. The largest absolute Gasteiger partial charge is 0.355 e. The molecule has 2 rings (SSSR count). The summed E-state index contributed by atoms with van der Waals surface area (Å²) < 4.78 is 25.4. The minimum Gasteiger partial charge on any atom is -0.355 e. The second-order valence-electron chi connectivity index (χ2n) is 5.74. The van der Waals surface area contributed by atoms with Crippen LogP contribution in [-0.4, -0.2) is 38.8 Å². The van der Waals surface area contributed by atoms with Crippen molar-refractivity contribution in [2.24, 2.45) is 0 Å². The van der Waals surface area contributed by atoms with Gasteiger partial charge in [-0.2, -0.15) is 4.31 Å². The quantitative estimate of drug-likeness (QED) is 0.751. The number of halogens is 1. The van der Waals surface area contributed by atoms with Gasteiger partial charge in [0.15, 0.2) is 0 Å². The van der Waals surface area contributed by atoms with Crippen LogP contribution in [0.5, 0.6) is 0 Å². The topological polar surface area (TPSA) is 66.5 Å². The lowest BCUT2D eigenvalue weighted by Crippen LogP contribution is -2.38. The molecule has 0 unspecified atom stereocenters. The van der Waals surface area contributed by atoms with Crippen LogP contribution < -0.4 is 5.32 Å². The Morgan fingerprint density at radius 1 is 1.15 bits per heavy atom. The predicted octanol–water partition coefficient (Wildman–Crippen LogP) is 2.93. The van der Waals surface area contributed by atoms with Crippen LogP contribution in [0, 0.1) is 0 Å². The highest BCUT2D eigenvalue weighted by atomic mass is 35.5. The van der Waals surface area contributed by atoms with Gasteiger partial charge in [0.2, 0.25) is 15.9 Å². The van der Waals surface area contributed by atoms with Gasteiger partial charge in [0.25, 0.3) is 0 Å². The average molecular weight is 393 g/mol. The van der Waals surface area contributed by atoms with Crippen molar-refractivity contribution in [2.75, 3.05) is 20.1 Å². The van der Waals surface area contributed by atoms with Gasteiger partial charge in [-0.25, -0.2) is 8.42 Å². The number of amides is 1. The Hall–Kier alpha value is -2.15. The van der Waals surface area contributed by atoms with Crippen LogP contribution in [0.1, 0.15) is 11.1 Å². The lowest BCUT2D eigenvalue weighted by Gasteiger charge is -2.14. The molecule has 0 aliphatic heterocycles. The van der Waals surface area contributed by atoms with E-state index in [1.54, 1.807) is 18.2 Å². The molecular weight excluding hydrogens is 372 g/mol. The van der Waals surface area contributed by atoms with Gasteiger partial charge in [0.05, 0.1) is 6.54 Å². The fraction of sp³-hybridized carbons (Fsp3) is 0.211. The first-order valence-electron chi connectivity index (χ1n) is 8.07. The van der Waals surface area contributed by atoms with Gasteiger partial charge in [-0.1, -0.05) is 54.1 Å². The standard InChI is InChI=1S/C19H21ClN2O3S/c1-22(26(24,25)13-11-16-6-3-2-4-7-16)15-19(23)21-12-10-17-8-5-9-18(20)14-17/h2-9,11,13-14H,10,12,15H2,1H3,(H,21,23). The highest BCUT2D eigenvalue weighted by Gasteiger charge is 2.17. The van der Waals surface area contributed by atoms with E-state index in [2.05, 4.69) is 5.32 Å². The molecule has 0 saturated carbocycles. The summed E-state index contributed by atoms with van der Waals surface area (Å²) in [6.45, 7) is 0.171. The van der Waals surface area contributed by atoms with Crippen molar-refractivity contribution in [3.63, 3.8) is 0 Å². The van der Waals surface area contributed by atoms with Crippen molar-refractivity contribution in [3.8, 4) is 0 Å². The molecule has 5 nitrogen and oxygen atoms in total. The number of carbonyl (C=O) groups excluding carboxylic acids is 1. The van der Waals surface area contributed by atoms with Gasteiger partial charge in [-0.15, -0.1) is 0 Å². The maximum Gasteiger partial charge on any atom is 0.236 e. The summed E-state index contributed by atoms with van der Waals surface area (Å²) in [5.41, 5.74) is 1.78. The Labute approximate surface area is 159 Å². The van der Waals surface area contributed by atoms with Crippen molar-refractivity contribution >= 4 is 33.6 Å². The van der Waals surface area contributed by atoms with E-state index >= 15 is 0 Å². The number of hydrogen-bond donors (Lipinski definition) is 1. The van der Waals surface area contributed by atoms with Gasteiger partial charge in [-0.05, 0) is 35.8 Å². The highest BCUT2D eigenvalue weighted by molar-refractivity contribution is 7.92. The van der Waals surface area contributed by atoms with Crippen LogP contribution in [0.3, 0.4) is 0 Å². The summed E-state index contributed by atoms with van der Waals surface area (Å²) >= 11 is 5.91. The molecule has 0 aromatic heterocycles. The molecule has 26 heavy (non-hydrogen) atoms. The number of nitrogens with zero attached hydrogens (tertiary/aromatic N) is 1. The minimum absolute atomic E-state index is 0.239. The molecule has 0 radical (unpaired) electrons. The Balaban J connectivity index is 1.82. The molecule has 0 saturated heterocycles. The third kappa shape index (κ3) is 6.63. The van der Waals surface area contributed by atoms with Crippen molar-refractivity contribution in [2.45, 2.75) is 6.42 Å². The zero-order chi connectivity index (χ0) is 19.0. The van der Waals surface area contributed by atoms with E-state index in [0.717, 1.165) is 20.8 Å². The summed E-state index contributed by atoms with van der Waals surface area (Å²) in [5.74, 6) is -0.355. The van der Waals surface area contributed by atoms with E-state index in [0.29, 0.717) is 18.0 Å². The molecule has 138 valence electrons. The van der Waals surface area contributed by atoms with E-state index in [-0.39, 0.29) is 12.5 Å². The number of carbonyl (C=O) groups is 1. The smallest absolute Gasteiger partial charge is 0.236 e. The van der Waals surface area contributed by atoms with E-state index in [1.807, 2.05) is 36.4 Å². The van der Waals surface area contributed by atoms with Crippen LogP contribution in [0.4, 0.5) is 0 Å². The summed E-state index contributed by atoms with van der Waals surface area (Å²) in [7, 11) is -2.29. The lowest BCUT2D eigenvalue weighted by molar-refractivity contribution is -0.121. The lowest BCUT2D eigenvalue weighted by atomic mass is 10.1. The molecule has 0 heterocycles. The number of hydrogen-bond acceptors (Lipinski definition) is 3. The molecule has 0 aliphatic carbocycles. The summed E-state index contributed by atoms with van der Waals surface area (Å²) in [6, 6.07) is 16.5. The molecule has 1 N–H and O–H groups in total. The Morgan fingerprint density at radius 3 is 2.58 bits per heavy atom. The third-order valence-corrected chi connectivity index (χ3v) is 5.37. The van der Waals surface area contributed by atoms with Crippen molar-refractivity contribution < 1.29 is 13.2 Å². The van der Waals surface area contributed by atoms with E-state index in [4.69, 9.17) is 11.6 Å². The Bertz CT molecular complexity index is 867. The number of benzene rings is 2. The fourth-order valence-corrected chi connectivity index (χ4v) is 3.27. The monoisotopic (exact) mass is 392 g/mol. The molecule has 0 bridgehead atoms. The third-order valence-electron chi connectivity index (χ3n) is 3.66. The summed E-state index contributed by atoms with van der Waals surface area (Å²) in [4.78, 5) is 12.0. The number of likely N-dealkylation sites (N-methyl/N-ethyl adjacent to an activating group) is 1. The van der Waals surface area contributed by atoms with Crippen LogP contribution >= 0.6 is 11.6 Å². The number of sulfonamides is 1. The summed E-state index contributed by atoms with van der Waals surface area (Å²) in [5, 5.41) is 4.46. The van der Waals surface area contributed by atoms with E-state index < -0.39 is 10.0 Å². The van der Waals surface area contributed by atoms with Crippen molar-refractivity contribution in [1.82, 2.24) is 9.62 Å². The maximum atomic E-state index is 12.2. The first-order chi connectivity index (χ1) is 12.4. The van der Waals surface area contributed by atoms with Crippen molar-refractivity contribution in [1.29, 1.82) is 0 Å². The second kappa shape index (κ2) is 9.52. The number of nitrogens with one attached hydrogen (secondary N) is 1. The number of rotatable bonds is 8. The highest BCUT2D eigenvalue weighted by Crippen LogP contribution is 2.10. The fourth-order valence-electron chi connectivity index (χ4n) is 2.22. The van der Waals surface area contributed by atoms with E-state index in [1.165, 1.54) is 13.1 Å². The van der Waals surface area contributed by atoms with Gasteiger partial charge in [0, 0.05) is 24.0 Å². The van der Waals surface area contributed by atoms with Crippen LogP contribution in [-0.2, 0) is 21.2 Å². The molecule has 0 spiro atoms. The first kappa shape index (κ1) is 20.2. The molecular formula is C19H21ClN2O3S. The molecule has 2 aromatic carbocycles. The van der Waals surface area contributed by atoms with E-state index in [9.17, 15) is 13.2 Å². The maximum absolute atomic E-state index is 12.2. The zero-order valence-electron chi connectivity index (χ0n) is 14.4. The van der Waals surface area contributed by atoms with Gasteiger partial charge < -0.3 is 5.32 Å². The van der Waals surface area contributed by atoms with Gasteiger partial charge in [-0.3, -0.25) is 4.79 Å². The van der Waals surface area contributed by atoms with Crippen LogP contribution in [0.2, 0.25) is 5.02 Å². The molecule has 0 atom stereocenters. The second-order valence-corrected chi connectivity index (χ2v) is 8.11. The molecule has 0 aliphatic rings. The minimum atomic E-state index is -3.66. The summed E-state index contributed by atoms with van der Waals surface area (Å²) in [6.07, 6.45) is 2.12. The normalized spacial score (nSPS) is 11.8. The molecule has 1 amide bonds. The van der Waals surface area contributed by atoms with Crippen LogP contribution in [0.25, 0.3) is 6.08 Å². The predicted molar refractivity (Wildman–Crippen MR) is 105 cm³/mol. The SMILES string of the molecule is CN(CC(=O)NCCc1cccc(Cl)c1)S(=O)(=O)C=Cc1ccccc1. The molecule has 0 fully saturated rings. The van der Waals surface area contributed by atoms with Crippen LogP contribution in [0.15, 0.2) is 60.0 Å². The Morgan fingerprint density at radius 2 is 1.88 bits per heavy atom. The van der Waals surface area contributed by atoms with Crippen molar-refractivity contribution in [3.05, 3.63) is 76.2 Å². The molecule has 2 aromatic rings. The zero-order valence-corrected chi connectivity index (χ0v) is 16.0. The van der Waals surface area contributed by atoms with Gasteiger partial charge >= 0.3 is 0 Å². The van der Waals surface area contributed by atoms with Gasteiger partial charge in [0.1, 0.15) is 0 Å². The molecule has 7 heteroatoms. The Kier molecular flexibility index (Phi) is 7.38. The first-order valence-corrected chi connectivity index (χ1v) is 9.95.